The number of para-hydroxylation sites is 1. The first kappa shape index (κ1) is 17.7. The number of rotatable bonds is 3. The van der Waals surface area contributed by atoms with Gasteiger partial charge in [0, 0.05) is 29.5 Å². The van der Waals surface area contributed by atoms with Crippen LogP contribution in [0.4, 0.5) is 11.4 Å². The Kier molecular flexibility index (Phi) is 4.26. The predicted molar refractivity (Wildman–Crippen MR) is 105 cm³/mol. The average Bonchev–Trinajstić information content (AvgIpc) is 3.02. The molecule has 1 atom stereocenters. The van der Waals surface area contributed by atoms with Gasteiger partial charge in [0.25, 0.3) is 11.8 Å². The van der Waals surface area contributed by atoms with Crippen molar-refractivity contribution in [2.45, 2.75) is 25.4 Å². The minimum Gasteiger partial charge on any atom is -0.322 e. The molecule has 1 N–H and O–H groups in total. The Morgan fingerprint density at radius 1 is 1.15 bits per heavy atom. The van der Waals surface area contributed by atoms with E-state index < -0.39 is 5.66 Å². The van der Waals surface area contributed by atoms with Crippen molar-refractivity contribution < 1.29 is 14.4 Å². The van der Waals surface area contributed by atoms with E-state index in [1.54, 1.807) is 36.4 Å². The van der Waals surface area contributed by atoms with Crippen molar-refractivity contribution in [1.29, 1.82) is 0 Å². The summed E-state index contributed by atoms with van der Waals surface area (Å²) in [4.78, 5) is 42.3. The van der Waals surface area contributed by atoms with Gasteiger partial charge in [-0.1, -0.05) is 28.1 Å². The Bertz CT molecular complexity index is 944. The molecule has 2 aliphatic heterocycles. The topological polar surface area (TPSA) is 69.7 Å². The van der Waals surface area contributed by atoms with Crippen LogP contribution < -0.4 is 10.2 Å². The van der Waals surface area contributed by atoms with Gasteiger partial charge in [-0.15, -0.1) is 0 Å². The number of hydrogen-bond donors (Lipinski definition) is 1. The van der Waals surface area contributed by atoms with Gasteiger partial charge < -0.3 is 10.2 Å². The fourth-order valence-corrected chi connectivity index (χ4v) is 4.23. The van der Waals surface area contributed by atoms with Gasteiger partial charge in [0.05, 0.1) is 11.3 Å². The van der Waals surface area contributed by atoms with Crippen molar-refractivity contribution in [3.8, 4) is 0 Å². The smallest absolute Gasteiger partial charge is 0.271 e. The first-order chi connectivity index (χ1) is 13.0. The number of nitrogens with one attached hydrogen (secondary N) is 1. The van der Waals surface area contributed by atoms with E-state index >= 15 is 0 Å². The summed E-state index contributed by atoms with van der Waals surface area (Å²) in [6.07, 6.45) is 0.480. The molecule has 2 heterocycles. The predicted octanol–water partition coefficient (Wildman–Crippen LogP) is 3.39. The van der Waals surface area contributed by atoms with Crippen LogP contribution in [0, 0.1) is 0 Å². The van der Waals surface area contributed by atoms with Crippen molar-refractivity contribution in [1.82, 2.24) is 4.90 Å². The highest BCUT2D eigenvalue weighted by atomic mass is 79.9. The lowest BCUT2D eigenvalue weighted by Gasteiger charge is -2.48. The Hall–Kier alpha value is -2.67. The Labute approximate surface area is 165 Å². The highest BCUT2D eigenvalue weighted by Crippen LogP contribution is 2.44. The molecule has 138 valence electrons. The number of carbonyl (C=O) groups excluding carboxylic acids is 3. The maximum Gasteiger partial charge on any atom is 0.271 e. The lowest BCUT2D eigenvalue weighted by atomic mass is 9.95. The molecule has 1 fully saturated rings. The molecule has 3 amide bonds. The third kappa shape index (κ3) is 2.56. The van der Waals surface area contributed by atoms with Gasteiger partial charge in [-0.25, -0.2) is 0 Å². The molecule has 6 nitrogen and oxygen atoms in total. The molecule has 4 rings (SSSR count). The molecule has 0 aliphatic carbocycles. The minimum absolute atomic E-state index is 0.153. The summed E-state index contributed by atoms with van der Waals surface area (Å²) in [6, 6.07) is 14.2. The van der Waals surface area contributed by atoms with Crippen LogP contribution in [0.15, 0.2) is 53.0 Å². The number of halogens is 1. The van der Waals surface area contributed by atoms with Gasteiger partial charge >= 0.3 is 0 Å². The quantitative estimate of drug-likeness (QED) is 0.815. The van der Waals surface area contributed by atoms with E-state index in [1.165, 1.54) is 9.80 Å². The van der Waals surface area contributed by atoms with Gasteiger partial charge in [-0.3, -0.25) is 19.3 Å². The second-order valence-corrected chi connectivity index (χ2v) is 7.49. The highest BCUT2D eigenvalue weighted by molar-refractivity contribution is 9.10. The van der Waals surface area contributed by atoms with E-state index in [2.05, 4.69) is 21.2 Å². The standard InChI is InChI=1S/C20H18BrN3O3/c1-2-23-18(26)15-5-3-4-6-16(15)24-17(25)11-12-20(23,24)19(27)22-14-9-7-13(21)8-10-14/h3-10H,2,11-12H2,1H3,(H,22,27)/t20-/m1/s1. The van der Waals surface area contributed by atoms with Crippen molar-refractivity contribution in [2.24, 2.45) is 0 Å². The molecular formula is C20H18BrN3O3. The molecule has 0 aromatic heterocycles. The first-order valence-electron chi connectivity index (χ1n) is 8.80. The van der Waals surface area contributed by atoms with Crippen LogP contribution in [0.3, 0.4) is 0 Å². The summed E-state index contributed by atoms with van der Waals surface area (Å²) in [5.41, 5.74) is 0.214. The molecule has 2 aliphatic rings. The second-order valence-electron chi connectivity index (χ2n) is 6.57. The van der Waals surface area contributed by atoms with E-state index in [1.807, 2.05) is 19.1 Å². The van der Waals surface area contributed by atoms with Crippen molar-refractivity contribution in [3.05, 3.63) is 58.6 Å². The lowest BCUT2D eigenvalue weighted by molar-refractivity contribution is -0.128. The first-order valence-corrected chi connectivity index (χ1v) is 9.59. The molecule has 2 aromatic carbocycles. The van der Waals surface area contributed by atoms with Crippen LogP contribution in [-0.2, 0) is 9.59 Å². The van der Waals surface area contributed by atoms with E-state index in [4.69, 9.17) is 0 Å². The Balaban J connectivity index is 1.82. The summed E-state index contributed by atoms with van der Waals surface area (Å²) < 4.78 is 0.897. The normalized spacial score (nSPS) is 21.1. The van der Waals surface area contributed by atoms with Gasteiger partial charge in [-0.2, -0.15) is 0 Å². The van der Waals surface area contributed by atoms with Crippen molar-refractivity contribution in [3.63, 3.8) is 0 Å². The summed E-state index contributed by atoms with van der Waals surface area (Å²) in [5.74, 6) is -0.760. The molecule has 1 saturated heterocycles. The zero-order chi connectivity index (χ0) is 19.2. The van der Waals surface area contributed by atoms with Gasteiger partial charge in [0.1, 0.15) is 0 Å². The maximum absolute atomic E-state index is 13.4. The fourth-order valence-electron chi connectivity index (χ4n) is 3.97. The van der Waals surface area contributed by atoms with E-state index in [9.17, 15) is 14.4 Å². The molecule has 0 spiro atoms. The van der Waals surface area contributed by atoms with Gasteiger partial charge in [0.2, 0.25) is 11.6 Å². The zero-order valence-corrected chi connectivity index (χ0v) is 16.3. The van der Waals surface area contributed by atoms with Crippen LogP contribution in [0.25, 0.3) is 0 Å². The average molecular weight is 428 g/mol. The molecular weight excluding hydrogens is 410 g/mol. The van der Waals surface area contributed by atoms with Crippen LogP contribution >= 0.6 is 15.9 Å². The summed E-state index contributed by atoms with van der Waals surface area (Å²) in [6.45, 7) is 2.15. The third-order valence-corrected chi connectivity index (χ3v) is 5.68. The number of benzene rings is 2. The molecule has 7 heteroatoms. The molecule has 0 saturated carbocycles. The van der Waals surface area contributed by atoms with E-state index in [0.717, 1.165) is 4.47 Å². The number of fused-ring (bicyclic) bond motifs is 3. The SMILES string of the molecule is CCN1C(=O)c2ccccc2N2C(=O)CC[C@@]12C(=O)Nc1ccc(Br)cc1. The summed E-state index contributed by atoms with van der Waals surface area (Å²) in [7, 11) is 0. The highest BCUT2D eigenvalue weighted by Gasteiger charge is 2.60. The number of anilines is 2. The van der Waals surface area contributed by atoms with E-state index in [-0.39, 0.29) is 30.6 Å². The van der Waals surface area contributed by atoms with Gasteiger partial charge in [-0.05, 0) is 43.3 Å². The molecule has 27 heavy (non-hydrogen) atoms. The Morgan fingerprint density at radius 3 is 2.56 bits per heavy atom. The number of likely N-dealkylation sites (N-methyl/N-ethyl adjacent to an activating group) is 1. The number of nitrogens with zero attached hydrogens (tertiary/aromatic N) is 2. The molecule has 0 unspecified atom stereocenters. The molecule has 0 radical (unpaired) electrons. The second kappa shape index (κ2) is 6.49. The fraction of sp³-hybridized carbons (Fsp3) is 0.250. The maximum atomic E-state index is 13.4. The molecule has 2 aromatic rings. The summed E-state index contributed by atoms with van der Waals surface area (Å²) >= 11 is 3.37. The third-order valence-electron chi connectivity index (χ3n) is 5.16. The molecule has 0 bridgehead atoms. The van der Waals surface area contributed by atoms with Crippen molar-refractivity contribution in [2.75, 3.05) is 16.8 Å². The monoisotopic (exact) mass is 427 g/mol. The Morgan fingerprint density at radius 2 is 1.85 bits per heavy atom. The van der Waals surface area contributed by atoms with Crippen LogP contribution in [0.2, 0.25) is 0 Å². The van der Waals surface area contributed by atoms with Crippen LogP contribution in [0.1, 0.15) is 30.1 Å². The summed E-state index contributed by atoms with van der Waals surface area (Å²) in [5, 5.41) is 2.89. The van der Waals surface area contributed by atoms with Crippen LogP contribution in [0.5, 0.6) is 0 Å². The van der Waals surface area contributed by atoms with Crippen LogP contribution in [-0.4, -0.2) is 34.8 Å². The van der Waals surface area contributed by atoms with Gasteiger partial charge in [0.15, 0.2) is 0 Å². The van der Waals surface area contributed by atoms with Crippen molar-refractivity contribution >= 4 is 45.0 Å². The minimum atomic E-state index is -1.34. The largest absolute Gasteiger partial charge is 0.322 e. The number of hydrogen-bond acceptors (Lipinski definition) is 3. The lowest BCUT2D eigenvalue weighted by Crippen LogP contribution is -2.69. The number of carbonyl (C=O) groups is 3. The zero-order valence-electron chi connectivity index (χ0n) is 14.7. The number of amides is 3. The van der Waals surface area contributed by atoms with E-state index in [0.29, 0.717) is 23.5 Å².